The van der Waals surface area contributed by atoms with E-state index in [1.54, 1.807) is 7.11 Å². The number of anilines is 4. The van der Waals surface area contributed by atoms with Gasteiger partial charge in [-0.1, -0.05) is 135 Å². The second kappa shape index (κ2) is 28.2. The lowest BCUT2D eigenvalue weighted by Crippen LogP contribution is -2.34. The van der Waals surface area contributed by atoms with Gasteiger partial charge in [-0.2, -0.15) is 5.26 Å². The number of rotatable bonds is 21. The van der Waals surface area contributed by atoms with Gasteiger partial charge in [-0.25, -0.2) is 0 Å². The number of nitriles is 1. The highest BCUT2D eigenvalue weighted by atomic mass is 32.2. The van der Waals surface area contributed by atoms with E-state index in [-0.39, 0.29) is 5.03 Å². The van der Waals surface area contributed by atoms with Crippen LogP contribution in [0, 0.1) is 23.2 Å². The molecule has 0 aliphatic heterocycles. The van der Waals surface area contributed by atoms with Crippen molar-refractivity contribution in [2.45, 2.75) is 112 Å². The lowest BCUT2D eigenvalue weighted by atomic mass is 9.95. The van der Waals surface area contributed by atoms with Gasteiger partial charge in [0, 0.05) is 24.8 Å². The Balaban J connectivity index is 0.000000451. The standard InChI is InChI=1S/C23H43N3O.C11H11N3S.C11H17N/c1-6-10-12-18(8-3)16-26(17-19(9-4)13-11-7-2)22-14-20(24)21(25)15-23(22)27-5;1-8(9-5-3-2-4-6-9)10(7-12)11(13)15-14;1-2-3-4-5-10-6-8-11(12)9-7-10/h14-15,18-19H,6-13,16-17,24-25H2,1-5H3;2-6H,1,13-14H2;6-9H,2-5,12H2,1H3/b;11-10-;. The fourth-order valence-corrected chi connectivity index (χ4v) is 6.40. The van der Waals surface area contributed by atoms with Gasteiger partial charge in [0.15, 0.2) is 0 Å². The fraction of sp³-hybridized carbons (Fsp3) is 0.489. The third-order valence-corrected chi connectivity index (χ3v) is 10.2. The molecule has 0 saturated heterocycles. The summed E-state index contributed by atoms with van der Waals surface area (Å²) in [5.41, 5.74) is 29.7. The number of nitrogens with two attached hydrogens (primary N) is 5. The minimum absolute atomic E-state index is 0.284. The van der Waals surface area contributed by atoms with Gasteiger partial charge in [0.2, 0.25) is 0 Å². The maximum atomic E-state index is 8.94. The molecular weight excluding hydrogens is 687 g/mol. The molecular formula is C45H71N7OS. The van der Waals surface area contributed by atoms with Crippen molar-refractivity contribution < 1.29 is 4.74 Å². The maximum Gasteiger partial charge on any atom is 0.144 e. The quantitative estimate of drug-likeness (QED) is 0.0234. The van der Waals surface area contributed by atoms with Crippen LogP contribution in [-0.2, 0) is 6.42 Å². The number of unbranched alkanes of at least 4 members (excludes halogenated alkanes) is 4. The highest BCUT2D eigenvalue weighted by Crippen LogP contribution is 2.36. The van der Waals surface area contributed by atoms with Crippen LogP contribution in [0.2, 0.25) is 0 Å². The van der Waals surface area contributed by atoms with Crippen molar-refractivity contribution in [2.75, 3.05) is 42.3 Å². The molecule has 0 saturated carbocycles. The van der Waals surface area contributed by atoms with Crippen LogP contribution in [0.4, 0.5) is 22.7 Å². The topological polar surface area (TPSA) is 166 Å². The van der Waals surface area contributed by atoms with Gasteiger partial charge in [-0.3, -0.25) is 5.14 Å². The van der Waals surface area contributed by atoms with Crippen LogP contribution in [0.3, 0.4) is 0 Å². The van der Waals surface area contributed by atoms with Crippen molar-refractivity contribution in [1.82, 2.24) is 0 Å². The van der Waals surface area contributed by atoms with E-state index in [1.807, 2.05) is 60.7 Å². The van der Waals surface area contributed by atoms with Crippen molar-refractivity contribution in [2.24, 2.45) is 22.7 Å². The molecule has 0 fully saturated rings. The third-order valence-electron chi connectivity index (χ3n) is 9.73. The van der Waals surface area contributed by atoms with E-state index in [9.17, 15) is 0 Å². The first-order valence-electron chi connectivity index (χ1n) is 19.9. The highest BCUT2D eigenvalue weighted by molar-refractivity contribution is 8.00. The molecule has 8 nitrogen and oxygen atoms in total. The number of ether oxygens (including phenoxy) is 1. The van der Waals surface area contributed by atoms with E-state index < -0.39 is 0 Å². The summed E-state index contributed by atoms with van der Waals surface area (Å²) in [4.78, 5) is 2.52. The van der Waals surface area contributed by atoms with E-state index >= 15 is 0 Å². The van der Waals surface area contributed by atoms with E-state index in [1.165, 1.54) is 82.6 Å². The first-order chi connectivity index (χ1) is 26.0. The molecule has 0 heterocycles. The Kier molecular flexibility index (Phi) is 25.0. The molecule has 0 bridgehead atoms. The summed E-state index contributed by atoms with van der Waals surface area (Å²) < 4.78 is 5.68. The first-order valence-corrected chi connectivity index (χ1v) is 20.7. The zero-order valence-corrected chi connectivity index (χ0v) is 35.0. The Labute approximate surface area is 332 Å². The number of hydrogen-bond acceptors (Lipinski definition) is 9. The normalized spacial score (nSPS) is 12.1. The van der Waals surface area contributed by atoms with E-state index in [4.69, 9.17) is 38.1 Å². The summed E-state index contributed by atoms with van der Waals surface area (Å²) >= 11 is 0.855. The molecule has 54 heavy (non-hydrogen) atoms. The van der Waals surface area contributed by atoms with Gasteiger partial charge < -0.3 is 32.6 Å². The molecule has 298 valence electrons. The van der Waals surface area contributed by atoms with Crippen LogP contribution in [0.5, 0.6) is 5.75 Å². The lowest BCUT2D eigenvalue weighted by molar-refractivity contribution is 0.390. The Bertz CT molecular complexity index is 1520. The molecule has 2 atom stereocenters. The van der Waals surface area contributed by atoms with E-state index in [0.717, 1.165) is 47.7 Å². The van der Waals surface area contributed by atoms with E-state index in [0.29, 0.717) is 34.4 Å². The molecule has 3 aromatic carbocycles. The predicted molar refractivity (Wildman–Crippen MR) is 239 cm³/mol. The largest absolute Gasteiger partial charge is 0.495 e. The average Bonchev–Trinajstić information content (AvgIpc) is 3.20. The number of allylic oxidation sites excluding steroid dienone is 2. The molecule has 3 rings (SSSR count). The van der Waals surface area contributed by atoms with Crippen LogP contribution in [-0.4, -0.2) is 20.2 Å². The van der Waals surface area contributed by atoms with Crippen molar-refractivity contribution in [3.63, 3.8) is 0 Å². The summed E-state index contributed by atoms with van der Waals surface area (Å²) in [5, 5.41) is 14.5. The van der Waals surface area contributed by atoms with Crippen molar-refractivity contribution in [3.05, 3.63) is 95.0 Å². The number of nitrogens with zero attached hydrogens (tertiary/aromatic N) is 2. The summed E-state index contributed by atoms with van der Waals surface area (Å²) in [5.74, 6) is 2.21. The number of benzene rings is 3. The lowest BCUT2D eigenvalue weighted by Gasteiger charge is -2.33. The molecule has 9 heteroatoms. The second-order valence-electron chi connectivity index (χ2n) is 13.9. The van der Waals surface area contributed by atoms with Gasteiger partial charge in [0.1, 0.15) is 11.8 Å². The van der Waals surface area contributed by atoms with Crippen LogP contribution in [0.25, 0.3) is 5.57 Å². The fourth-order valence-electron chi connectivity index (χ4n) is 6.12. The van der Waals surface area contributed by atoms with E-state index in [2.05, 4.69) is 58.2 Å². The van der Waals surface area contributed by atoms with Crippen molar-refractivity contribution in [3.8, 4) is 11.8 Å². The molecule has 0 aliphatic carbocycles. The minimum Gasteiger partial charge on any atom is -0.495 e. The smallest absolute Gasteiger partial charge is 0.144 e. The number of nitrogen functional groups attached to an aromatic ring is 3. The van der Waals surface area contributed by atoms with Gasteiger partial charge in [-0.15, -0.1) is 0 Å². The molecule has 0 aliphatic rings. The summed E-state index contributed by atoms with van der Waals surface area (Å²) in [6.07, 6.45) is 15.1. The molecule has 0 amide bonds. The Hall–Kier alpha value is -4.26. The zero-order chi connectivity index (χ0) is 40.3. The van der Waals surface area contributed by atoms with Gasteiger partial charge in [-0.05, 0) is 84.4 Å². The highest BCUT2D eigenvalue weighted by Gasteiger charge is 2.21. The van der Waals surface area contributed by atoms with Crippen LogP contribution < -0.4 is 37.7 Å². The molecule has 10 N–H and O–H groups in total. The van der Waals surface area contributed by atoms with Gasteiger partial charge >= 0.3 is 0 Å². The third kappa shape index (κ3) is 17.7. The van der Waals surface area contributed by atoms with Crippen LogP contribution in [0.15, 0.2) is 83.9 Å². The van der Waals surface area contributed by atoms with Gasteiger partial charge in [0.05, 0.1) is 34.8 Å². The zero-order valence-electron chi connectivity index (χ0n) is 34.2. The maximum absolute atomic E-state index is 8.94. The van der Waals surface area contributed by atoms with Crippen LogP contribution in [0.1, 0.15) is 116 Å². The Morgan fingerprint density at radius 1 is 0.796 bits per heavy atom. The van der Waals surface area contributed by atoms with Crippen molar-refractivity contribution in [1.29, 1.82) is 5.26 Å². The SMILES string of the molecule is C=C(/C(C#N)=C(/N)SN)c1ccccc1.CCCCC(CC)CN(CC(CC)CCCC)c1cc(N)c(N)cc1OC.CCCCCc1ccc(N)cc1. The average molecular weight is 758 g/mol. The van der Waals surface area contributed by atoms with Crippen LogP contribution >= 0.6 is 11.9 Å². The van der Waals surface area contributed by atoms with Gasteiger partial charge in [0.25, 0.3) is 0 Å². The second-order valence-corrected chi connectivity index (χ2v) is 14.6. The van der Waals surface area contributed by atoms with Crippen molar-refractivity contribution >= 4 is 40.3 Å². The Morgan fingerprint density at radius 2 is 1.33 bits per heavy atom. The predicted octanol–water partition coefficient (Wildman–Crippen LogP) is 11.1. The molecule has 0 aromatic heterocycles. The molecule has 2 unspecified atom stereocenters. The summed E-state index contributed by atoms with van der Waals surface area (Å²) in [6, 6.07) is 23.5. The minimum atomic E-state index is 0.284. The first kappa shape index (κ1) is 47.8. The molecule has 3 aromatic rings. The number of hydrogen-bond donors (Lipinski definition) is 5. The summed E-state index contributed by atoms with van der Waals surface area (Å²) in [6.45, 7) is 17.3. The summed E-state index contributed by atoms with van der Waals surface area (Å²) in [7, 11) is 1.72. The number of methoxy groups -OCH3 is 1. The Morgan fingerprint density at radius 3 is 1.80 bits per heavy atom. The monoisotopic (exact) mass is 758 g/mol. The molecule has 0 spiro atoms. The number of aryl methyl sites for hydroxylation is 1. The molecule has 0 radical (unpaired) electrons.